The second-order valence-electron chi connectivity index (χ2n) is 4.73. The second-order valence-corrected chi connectivity index (χ2v) is 4.92. The van der Waals surface area contributed by atoms with E-state index in [9.17, 15) is 10.2 Å². The lowest BCUT2D eigenvalue weighted by atomic mass is 9.97. The predicted octanol–water partition coefficient (Wildman–Crippen LogP) is -0.433. The Kier molecular flexibility index (Phi) is 3.62. The number of halogens is 2. The molecule has 1 aliphatic rings. The van der Waals surface area contributed by atoms with E-state index in [0.717, 1.165) is 0 Å². The minimum absolute atomic E-state index is 0.0283. The molecule has 0 spiro atoms. The van der Waals surface area contributed by atoms with Crippen molar-refractivity contribution in [3.8, 4) is 11.3 Å². The zero-order valence-electron chi connectivity index (χ0n) is 11.0. The molecule has 2 aromatic rings. The van der Waals surface area contributed by atoms with Crippen LogP contribution in [0.3, 0.4) is 0 Å². The van der Waals surface area contributed by atoms with Crippen LogP contribution < -0.4 is 5.73 Å². The second kappa shape index (κ2) is 5.33. The van der Waals surface area contributed by atoms with Crippen molar-refractivity contribution in [2.45, 2.75) is 24.1 Å². The van der Waals surface area contributed by atoms with Crippen molar-refractivity contribution in [1.29, 1.82) is 0 Å². The van der Waals surface area contributed by atoms with Crippen LogP contribution in [0.2, 0.25) is 0 Å². The number of anilines is 1. The number of rotatable bonds is 2. The van der Waals surface area contributed by atoms with E-state index in [4.69, 9.17) is 22.1 Å². The first-order valence-electron chi connectivity index (χ1n) is 6.22. The molecule has 1 saturated heterocycles. The van der Waals surface area contributed by atoms with Gasteiger partial charge in [0, 0.05) is 5.38 Å². The number of imidazole rings is 1. The summed E-state index contributed by atoms with van der Waals surface area (Å²) in [7, 11) is 0. The van der Waals surface area contributed by atoms with Crippen LogP contribution in [0.5, 0.6) is 0 Å². The lowest BCUT2D eigenvalue weighted by Gasteiger charge is -2.23. The molecule has 0 radical (unpaired) electrons. The average molecular weight is 328 g/mol. The van der Waals surface area contributed by atoms with Gasteiger partial charge in [0.1, 0.15) is 17.7 Å². The van der Waals surface area contributed by atoms with Crippen molar-refractivity contribution in [3.05, 3.63) is 12.5 Å². The van der Waals surface area contributed by atoms with Crippen molar-refractivity contribution >= 4 is 28.7 Å². The standard InChI is InChI=1S/C12H11ClFN5O3/c13-2-1-12(14)8(21)7(4-20)22-10(12)19-5-17-6-3-16-11(15)18-9(6)19/h3,5,7-8,10,20-21H,4H2,(H2,15,16,18)/t7-,8+,10-,12?/m1/s1. The van der Waals surface area contributed by atoms with Gasteiger partial charge in [0.2, 0.25) is 11.6 Å². The number of aliphatic hydroxyl groups is 2. The van der Waals surface area contributed by atoms with Crippen molar-refractivity contribution in [3.63, 3.8) is 0 Å². The van der Waals surface area contributed by atoms with Gasteiger partial charge >= 0.3 is 0 Å². The molecule has 2 aromatic heterocycles. The van der Waals surface area contributed by atoms with E-state index in [1.165, 1.54) is 17.1 Å². The lowest BCUT2D eigenvalue weighted by molar-refractivity contribution is -0.0504. The molecule has 4 atom stereocenters. The van der Waals surface area contributed by atoms with Crippen LogP contribution in [0.4, 0.5) is 10.3 Å². The monoisotopic (exact) mass is 327 g/mol. The zero-order valence-corrected chi connectivity index (χ0v) is 11.8. The fourth-order valence-electron chi connectivity index (χ4n) is 2.39. The molecule has 0 bridgehead atoms. The third kappa shape index (κ3) is 2.08. The highest BCUT2D eigenvalue weighted by atomic mass is 35.5. The Morgan fingerprint density at radius 2 is 2.32 bits per heavy atom. The maximum absolute atomic E-state index is 15.1. The minimum Gasteiger partial charge on any atom is -0.394 e. The highest BCUT2D eigenvalue weighted by molar-refractivity contribution is 6.30. The van der Waals surface area contributed by atoms with E-state index in [1.807, 2.05) is 5.38 Å². The van der Waals surface area contributed by atoms with Crippen LogP contribution in [0.25, 0.3) is 11.2 Å². The number of nitrogen functional groups attached to an aromatic ring is 1. The number of alkyl halides is 1. The van der Waals surface area contributed by atoms with Gasteiger partial charge in [-0.2, -0.15) is 4.98 Å². The quantitative estimate of drug-likeness (QED) is 0.640. The van der Waals surface area contributed by atoms with Gasteiger partial charge in [0.25, 0.3) is 0 Å². The molecular formula is C12H11ClFN5O3. The van der Waals surface area contributed by atoms with E-state index in [2.05, 4.69) is 20.9 Å². The van der Waals surface area contributed by atoms with Crippen molar-refractivity contribution < 1.29 is 19.3 Å². The first kappa shape index (κ1) is 14.9. The van der Waals surface area contributed by atoms with Crippen LogP contribution in [0, 0.1) is 11.3 Å². The number of fused-ring (bicyclic) bond motifs is 1. The van der Waals surface area contributed by atoms with Gasteiger partial charge in [-0.3, -0.25) is 4.57 Å². The van der Waals surface area contributed by atoms with Gasteiger partial charge in [-0.15, -0.1) is 0 Å². The maximum atomic E-state index is 15.1. The van der Waals surface area contributed by atoms with E-state index in [1.54, 1.807) is 0 Å². The van der Waals surface area contributed by atoms with Crippen LogP contribution in [0.15, 0.2) is 12.5 Å². The molecule has 8 nitrogen and oxygen atoms in total. The van der Waals surface area contributed by atoms with Crippen LogP contribution in [0.1, 0.15) is 6.23 Å². The van der Waals surface area contributed by atoms with Gasteiger partial charge in [0.05, 0.1) is 19.1 Å². The summed E-state index contributed by atoms with van der Waals surface area (Å²) in [6.45, 7) is -0.586. The Labute approximate surface area is 128 Å². The number of hydrogen-bond donors (Lipinski definition) is 3. The number of nitrogens with zero attached hydrogens (tertiary/aromatic N) is 4. The molecule has 0 amide bonds. The van der Waals surface area contributed by atoms with Gasteiger partial charge in [-0.1, -0.05) is 0 Å². The van der Waals surface area contributed by atoms with Gasteiger partial charge < -0.3 is 20.7 Å². The molecule has 10 heteroatoms. The highest BCUT2D eigenvalue weighted by Crippen LogP contribution is 2.42. The number of aliphatic hydroxyl groups excluding tert-OH is 2. The normalized spacial score (nSPS) is 31.2. The SMILES string of the molecule is Nc1ncc2ncn([C@@H]3O[C@H](CO)[C@H](O)C3(F)C#CCl)c2n1. The molecule has 1 fully saturated rings. The molecule has 1 unspecified atom stereocenters. The van der Waals surface area contributed by atoms with E-state index in [-0.39, 0.29) is 11.6 Å². The third-order valence-electron chi connectivity index (χ3n) is 3.45. The molecule has 22 heavy (non-hydrogen) atoms. The van der Waals surface area contributed by atoms with E-state index >= 15 is 4.39 Å². The van der Waals surface area contributed by atoms with Crippen molar-refractivity contribution in [1.82, 2.24) is 19.5 Å². The van der Waals surface area contributed by atoms with E-state index < -0.39 is 30.7 Å². The fraction of sp³-hybridized carbons (Fsp3) is 0.417. The average Bonchev–Trinajstić information content (AvgIpc) is 3.00. The first-order valence-corrected chi connectivity index (χ1v) is 6.60. The topological polar surface area (TPSA) is 119 Å². The van der Waals surface area contributed by atoms with Crippen molar-refractivity contribution in [2.24, 2.45) is 0 Å². The lowest BCUT2D eigenvalue weighted by Crippen LogP contribution is -2.42. The Balaban J connectivity index is 2.14. The van der Waals surface area contributed by atoms with Crippen molar-refractivity contribution in [2.75, 3.05) is 12.3 Å². The number of nitrogens with two attached hydrogens (primary N) is 1. The Morgan fingerprint density at radius 1 is 1.55 bits per heavy atom. The maximum Gasteiger partial charge on any atom is 0.244 e. The molecule has 3 heterocycles. The van der Waals surface area contributed by atoms with Crippen LogP contribution in [-0.4, -0.2) is 54.2 Å². The summed E-state index contributed by atoms with van der Waals surface area (Å²) in [6.07, 6.45) is -1.61. The summed E-state index contributed by atoms with van der Waals surface area (Å²) >= 11 is 5.30. The third-order valence-corrected chi connectivity index (χ3v) is 3.55. The number of aromatic nitrogens is 4. The Bertz CT molecular complexity index is 775. The number of hydrogen-bond acceptors (Lipinski definition) is 7. The fourth-order valence-corrected chi connectivity index (χ4v) is 2.53. The van der Waals surface area contributed by atoms with Gasteiger partial charge in [-0.05, 0) is 17.5 Å². The van der Waals surface area contributed by atoms with E-state index in [0.29, 0.717) is 5.52 Å². The summed E-state index contributed by atoms with van der Waals surface area (Å²) in [6, 6.07) is 0. The molecule has 116 valence electrons. The first-order chi connectivity index (χ1) is 10.5. The molecule has 3 rings (SSSR count). The smallest absolute Gasteiger partial charge is 0.244 e. The van der Waals surface area contributed by atoms with Gasteiger partial charge in [0.15, 0.2) is 11.9 Å². The molecule has 1 aliphatic heterocycles. The molecule has 0 aliphatic carbocycles. The summed E-state index contributed by atoms with van der Waals surface area (Å²) in [5.74, 6) is 2.06. The summed E-state index contributed by atoms with van der Waals surface area (Å²) in [4.78, 5) is 11.8. The highest BCUT2D eigenvalue weighted by Gasteiger charge is 2.58. The molecule has 0 saturated carbocycles. The summed E-state index contributed by atoms with van der Waals surface area (Å²) < 4.78 is 21.7. The minimum atomic E-state index is -2.54. The largest absolute Gasteiger partial charge is 0.394 e. The van der Waals surface area contributed by atoms with Gasteiger partial charge in [-0.25, -0.2) is 14.4 Å². The molecule has 0 aromatic carbocycles. The summed E-state index contributed by atoms with van der Waals surface area (Å²) in [5.41, 5.74) is 3.55. The number of ether oxygens (including phenoxy) is 1. The van der Waals surface area contributed by atoms with Crippen LogP contribution >= 0.6 is 11.6 Å². The Morgan fingerprint density at radius 3 is 3.00 bits per heavy atom. The molecular weight excluding hydrogens is 317 g/mol. The molecule has 4 N–H and O–H groups in total. The zero-order chi connectivity index (χ0) is 15.9. The summed E-state index contributed by atoms with van der Waals surface area (Å²) in [5, 5.41) is 21.1. The predicted molar refractivity (Wildman–Crippen MR) is 74.2 cm³/mol. The van der Waals surface area contributed by atoms with Crippen LogP contribution in [-0.2, 0) is 4.74 Å². The Hall–Kier alpha value is -1.99.